The third-order valence-corrected chi connectivity index (χ3v) is 4.43. The van der Waals surface area contributed by atoms with Crippen LogP contribution < -0.4 is 11.3 Å². The molecular formula is C20H18N4O. The van der Waals surface area contributed by atoms with E-state index < -0.39 is 0 Å². The number of hydrogen-bond donors (Lipinski definition) is 3. The Balaban J connectivity index is 1.84. The van der Waals surface area contributed by atoms with Crippen LogP contribution in [0.15, 0.2) is 60.7 Å². The third kappa shape index (κ3) is 2.86. The standard InChI is InChI=1S/C20H18N4O/c21-24-20(25)18-12-15-14-8-4-5-9-16(14)23-19(15)17(22-18)11-10-13-6-2-1-3-7-13/h1-9,12,23H,10-11,21H2,(H,24,25). The number of para-hydroxylation sites is 1. The van der Waals surface area contributed by atoms with Crippen molar-refractivity contribution in [3.05, 3.63) is 77.6 Å². The average Bonchev–Trinajstić information content (AvgIpc) is 3.05. The van der Waals surface area contributed by atoms with Gasteiger partial charge in [0.15, 0.2) is 0 Å². The van der Waals surface area contributed by atoms with E-state index in [4.69, 9.17) is 5.84 Å². The molecule has 0 saturated carbocycles. The van der Waals surface area contributed by atoms with Gasteiger partial charge in [-0.05, 0) is 30.5 Å². The van der Waals surface area contributed by atoms with E-state index in [2.05, 4.69) is 27.5 Å². The Labute approximate surface area is 144 Å². The number of pyridine rings is 1. The quantitative estimate of drug-likeness (QED) is 0.305. The van der Waals surface area contributed by atoms with E-state index in [9.17, 15) is 4.79 Å². The summed E-state index contributed by atoms with van der Waals surface area (Å²) in [6.45, 7) is 0. The number of hydrogen-bond acceptors (Lipinski definition) is 3. The molecule has 0 fully saturated rings. The van der Waals surface area contributed by atoms with E-state index >= 15 is 0 Å². The first-order valence-electron chi connectivity index (χ1n) is 8.21. The molecule has 0 aliphatic carbocycles. The van der Waals surface area contributed by atoms with Gasteiger partial charge in [0, 0.05) is 16.3 Å². The van der Waals surface area contributed by atoms with Crippen LogP contribution in [0.3, 0.4) is 0 Å². The number of nitrogens with two attached hydrogens (primary N) is 1. The van der Waals surface area contributed by atoms with Gasteiger partial charge in [0.1, 0.15) is 5.69 Å². The van der Waals surface area contributed by atoms with Crippen LogP contribution in [0.4, 0.5) is 0 Å². The molecule has 0 aliphatic rings. The van der Waals surface area contributed by atoms with Crippen LogP contribution in [0.5, 0.6) is 0 Å². The van der Waals surface area contributed by atoms with Crippen LogP contribution in [0, 0.1) is 0 Å². The smallest absolute Gasteiger partial charge is 0.283 e. The maximum absolute atomic E-state index is 12.0. The minimum atomic E-state index is -0.381. The number of aryl methyl sites for hydroxylation is 2. The van der Waals surface area contributed by atoms with Gasteiger partial charge in [-0.3, -0.25) is 10.2 Å². The molecule has 4 rings (SSSR count). The number of nitrogen functional groups attached to an aromatic ring is 1. The van der Waals surface area contributed by atoms with Crippen LogP contribution in [0.1, 0.15) is 21.7 Å². The van der Waals surface area contributed by atoms with Crippen molar-refractivity contribution in [3.8, 4) is 0 Å². The molecular weight excluding hydrogens is 312 g/mol. The predicted octanol–water partition coefficient (Wildman–Crippen LogP) is 3.10. The van der Waals surface area contributed by atoms with Gasteiger partial charge in [0.05, 0.1) is 11.2 Å². The Kier molecular flexibility index (Phi) is 3.91. The summed E-state index contributed by atoms with van der Waals surface area (Å²) < 4.78 is 0. The van der Waals surface area contributed by atoms with Gasteiger partial charge in [0.2, 0.25) is 0 Å². The van der Waals surface area contributed by atoms with Crippen LogP contribution in [0.2, 0.25) is 0 Å². The number of aromatic nitrogens is 2. The Morgan fingerprint density at radius 1 is 1.00 bits per heavy atom. The van der Waals surface area contributed by atoms with Gasteiger partial charge in [0.25, 0.3) is 5.91 Å². The molecule has 0 bridgehead atoms. The van der Waals surface area contributed by atoms with E-state index in [1.807, 2.05) is 42.5 Å². The summed E-state index contributed by atoms with van der Waals surface area (Å²) in [5.41, 5.74) is 6.63. The normalized spacial score (nSPS) is 11.1. The molecule has 0 radical (unpaired) electrons. The van der Waals surface area contributed by atoms with Crippen LogP contribution in [-0.4, -0.2) is 15.9 Å². The second-order valence-corrected chi connectivity index (χ2v) is 6.01. The van der Waals surface area contributed by atoms with E-state index in [0.29, 0.717) is 5.69 Å². The molecule has 0 atom stereocenters. The minimum absolute atomic E-state index is 0.336. The molecule has 4 N–H and O–H groups in total. The first kappa shape index (κ1) is 15.4. The molecule has 5 heteroatoms. The summed E-state index contributed by atoms with van der Waals surface area (Å²) in [6, 6.07) is 20.1. The summed E-state index contributed by atoms with van der Waals surface area (Å²) in [7, 11) is 0. The van der Waals surface area contributed by atoms with Gasteiger partial charge in [-0.2, -0.15) is 0 Å². The number of fused-ring (bicyclic) bond motifs is 3. The van der Waals surface area contributed by atoms with E-state index in [1.54, 1.807) is 6.07 Å². The molecule has 2 aromatic carbocycles. The number of hydrazine groups is 1. The van der Waals surface area contributed by atoms with Crippen molar-refractivity contribution in [2.24, 2.45) is 5.84 Å². The number of rotatable bonds is 4. The number of aromatic amines is 1. The Bertz CT molecular complexity index is 1050. The fraction of sp³-hybridized carbons (Fsp3) is 0.100. The lowest BCUT2D eigenvalue weighted by Crippen LogP contribution is -2.30. The predicted molar refractivity (Wildman–Crippen MR) is 99.1 cm³/mol. The molecule has 0 aliphatic heterocycles. The second kappa shape index (κ2) is 6.37. The highest BCUT2D eigenvalue weighted by molar-refractivity contribution is 6.10. The summed E-state index contributed by atoms with van der Waals surface area (Å²) in [5, 5.41) is 2.07. The zero-order chi connectivity index (χ0) is 17.2. The SMILES string of the molecule is NNC(=O)c1cc2c([nH]c3ccccc32)c(CCc2ccccc2)n1. The van der Waals surface area contributed by atoms with Crippen molar-refractivity contribution >= 4 is 27.7 Å². The van der Waals surface area contributed by atoms with E-state index in [1.165, 1.54) is 5.56 Å². The van der Waals surface area contributed by atoms with Crippen LogP contribution in [0.25, 0.3) is 21.8 Å². The first-order chi connectivity index (χ1) is 12.3. The largest absolute Gasteiger partial charge is 0.353 e. The number of nitrogens with zero attached hydrogens (tertiary/aromatic N) is 1. The molecule has 1 amide bonds. The number of benzene rings is 2. The first-order valence-corrected chi connectivity index (χ1v) is 8.21. The van der Waals surface area contributed by atoms with Crippen LogP contribution in [-0.2, 0) is 12.8 Å². The van der Waals surface area contributed by atoms with Crippen LogP contribution >= 0.6 is 0 Å². The van der Waals surface area contributed by atoms with Gasteiger partial charge >= 0.3 is 0 Å². The molecule has 0 unspecified atom stereocenters. The van der Waals surface area contributed by atoms with Crippen molar-refractivity contribution in [1.29, 1.82) is 0 Å². The fourth-order valence-corrected chi connectivity index (χ4v) is 3.19. The summed E-state index contributed by atoms with van der Waals surface area (Å²) in [4.78, 5) is 20.0. The molecule has 25 heavy (non-hydrogen) atoms. The average molecular weight is 330 g/mol. The molecule has 5 nitrogen and oxygen atoms in total. The zero-order valence-electron chi connectivity index (χ0n) is 13.6. The maximum Gasteiger partial charge on any atom is 0.283 e. The highest BCUT2D eigenvalue weighted by Gasteiger charge is 2.15. The number of nitrogens with one attached hydrogen (secondary N) is 2. The molecule has 0 saturated heterocycles. The number of amides is 1. The summed E-state index contributed by atoms with van der Waals surface area (Å²) in [5.74, 6) is 4.92. The van der Waals surface area contributed by atoms with Gasteiger partial charge in [-0.25, -0.2) is 10.8 Å². The molecule has 124 valence electrons. The van der Waals surface area contributed by atoms with Gasteiger partial charge in [-0.1, -0.05) is 48.5 Å². The lowest BCUT2D eigenvalue weighted by Gasteiger charge is -2.07. The lowest BCUT2D eigenvalue weighted by molar-refractivity contribution is 0.0948. The Morgan fingerprint density at radius 3 is 2.56 bits per heavy atom. The molecule has 0 spiro atoms. The fourth-order valence-electron chi connectivity index (χ4n) is 3.19. The Morgan fingerprint density at radius 2 is 1.76 bits per heavy atom. The van der Waals surface area contributed by atoms with E-state index in [0.717, 1.165) is 40.3 Å². The monoisotopic (exact) mass is 330 g/mol. The van der Waals surface area contributed by atoms with Gasteiger partial charge in [-0.15, -0.1) is 0 Å². The van der Waals surface area contributed by atoms with Crippen molar-refractivity contribution in [2.75, 3.05) is 0 Å². The number of carbonyl (C=O) groups is 1. The topological polar surface area (TPSA) is 83.8 Å². The van der Waals surface area contributed by atoms with Crippen molar-refractivity contribution in [3.63, 3.8) is 0 Å². The van der Waals surface area contributed by atoms with Crippen molar-refractivity contribution < 1.29 is 4.79 Å². The Hall–Kier alpha value is -3.18. The lowest BCUT2D eigenvalue weighted by atomic mass is 10.1. The van der Waals surface area contributed by atoms with E-state index in [-0.39, 0.29) is 5.91 Å². The molecule has 2 heterocycles. The summed E-state index contributed by atoms with van der Waals surface area (Å²) in [6.07, 6.45) is 1.59. The number of H-pyrrole nitrogens is 1. The van der Waals surface area contributed by atoms with Crippen molar-refractivity contribution in [2.45, 2.75) is 12.8 Å². The second-order valence-electron chi connectivity index (χ2n) is 6.01. The maximum atomic E-state index is 12.0. The van der Waals surface area contributed by atoms with Crippen molar-refractivity contribution in [1.82, 2.24) is 15.4 Å². The molecule has 2 aromatic heterocycles. The molecule has 4 aromatic rings. The van der Waals surface area contributed by atoms with Gasteiger partial charge < -0.3 is 4.98 Å². The summed E-state index contributed by atoms with van der Waals surface area (Å²) >= 11 is 0. The third-order valence-electron chi connectivity index (χ3n) is 4.43. The highest BCUT2D eigenvalue weighted by atomic mass is 16.2. The highest BCUT2D eigenvalue weighted by Crippen LogP contribution is 2.28. The minimum Gasteiger partial charge on any atom is -0.353 e. The zero-order valence-corrected chi connectivity index (χ0v) is 13.6. The number of carbonyl (C=O) groups excluding carboxylic acids is 1.